The molecule has 1 N–H and O–H groups in total. The Balaban J connectivity index is 1.64. The molecule has 1 aliphatic rings. The Morgan fingerprint density at radius 3 is 2.77 bits per heavy atom. The molecule has 1 aliphatic heterocycles. The number of carbonyl (C=O) groups excluding carboxylic acids is 1. The topological polar surface area (TPSA) is 47.6 Å². The smallest absolute Gasteiger partial charge is 0.220 e. The van der Waals surface area contributed by atoms with Crippen LogP contribution >= 0.6 is 0 Å². The quantitative estimate of drug-likeness (QED) is 0.869. The fraction of sp³-hybridized carbons (Fsp3) is 0.409. The van der Waals surface area contributed by atoms with Gasteiger partial charge >= 0.3 is 0 Å². The first-order chi connectivity index (χ1) is 12.4. The number of hydrogen-bond donors (Lipinski definition) is 1. The molecule has 0 bridgehead atoms. The van der Waals surface area contributed by atoms with Gasteiger partial charge in [-0.3, -0.25) is 4.79 Å². The van der Waals surface area contributed by atoms with Gasteiger partial charge in [-0.25, -0.2) is 0 Å². The van der Waals surface area contributed by atoms with Crippen molar-refractivity contribution in [2.75, 3.05) is 7.11 Å². The van der Waals surface area contributed by atoms with Gasteiger partial charge in [-0.05, 0) is 50.5 Å². The number of carbonyl (C=O) groups is 1. The first-order valence-electron chi connectivity index (χ1n) is 9.09. The third-order valence-electron chi connectivity index (χ3n) is 4.81. The Hall–Kier alpha value is -2.49. The normalized spacial score (nSPS) is 17.8. The maximum Gasteiger partial charge on any atom is 0.220 e. The number of aryl methyl sites for hydroxylation is 2. The van der Waals surface area contributed by atoms with E-state index in [-0.39, 0.29) is 17.6 Å². The summed E-state index contributed by atoms with van der Waals surface area (Å²) in [4.78, 5) is 12.5. The van der Waals surface area contributed by atoms with Crippen molar-refractivity contribution in [3.8, 4) is 11.5 Å². The summed E-state index contributed by atoms with van der Waals surface area (Å²) in [7, 11) is 1.67. The summed E-state index contributed by atoms with van der Waals surface area (Å²) in [6, 6.07) is 14.0. The number of rotatable bonds is 5. The predicted octanol–water partition coefficient (Wildman–Crippen LogP) is 4.35. The van der Waals surface area contributed by atoms with Gasteiger partial charge in [0.2, 0.25) is 5.91 Å². The average molecular weight is 353 g/mol. The van der Waals surface area contributed by atoms with E-state index >= 15 is 0 Å². The third kappa shape index (κ3) is 4.18. The second-order valence-electron chi connectivity index (χ2n) is 7.53. The van der Waals surface area contributed by atoms with Crippen LogP contribution in [0, 0.1) is 6.92 Å². The van der Waals surface area contributed by atoms with Crippen LogP contribution in [0.1, 0.15) is 49.4 Å². The molecule has 138 valence electrons. The van der Waals surface area contributed by atoms with E-state index in [1.54, 1.807) is 7.11 Å². The minimum absolute atomic E-state index is 0.0138. The van der Waals surface area contributed by atoms with Gasteiger partial charge in [0.1, 0.15) is 17.1 Å². The summed E-state index contributed by atoms with van der Waals surface area (Å²) < 4.78 is 11.3. The number of methoxy groups -OCH3 is 1. The first-order valence-corrected chi connectivity index (χ1v) is 9.09. The van der Waals surface area contributed by atoms with Gasteiger partial charge in [0.15, 0.2) is 0 Å². The monoisotopic (exact) mass is 353 g/mol. The van der Waals surface area contributed by atoms with Crippen molar-refractivity contribution in [2.24, 2.45) is 0 Å². The van der Waals surface area contributed by atoms with Crippen molar-refractivity contribution in [3.63, 3.8) is 0 Å². The number of nitrogens with one attached hydrogen (secondary N) is 1. The highest BCUT2D eigenvalue weighted by Gasteiger charge is 2.34. The van der Waals surface area contributed by atoms with Crippen molar-refractivity contribution in [2.45, 2.75) is 51.7 Å². The van der Waals surface area contributed by atoms with Crippen LogP contribution in [0.15, 0.2) is 42.5 Å². The van der Waals surface area contributed by atoms with E-state index in [2.05, 4.69) is 25.2 Å². The van der Waals surface area contributed by atoms with Crippen LogP contribution in [0.2, 0.25) is 0 Å². The van der Waals surface area contributed by atoms with E-state index in [9.17, 15) is 4.79 Å². The second-order valence-corrected chi connectivity index (χ2v) is 7.53. The SMILES string of the molecule is COc1ccc(CCC(=O)N[C@H]2CC(C)(C)Oc3ccccc32)cc1C. The van der Waals surface area contributed by atoms with E-state index < -0.39 is 0 Å². The molecule has 1 atom stereocenters. The van der Waals surface area contributed by atoms with Gasteiger partial charge in [0, 0.05) is 18.4 Å². The van der Waals surface area contributed by atoms with Crippen molar-refractivity contribution in [1.29, 1.82) is 0 Å². The highest BCUT2D eigenvalue weighted by molar-refractivity contribution is 5.77. The second kappa shape index (κ2) is 7.40. The molecular weight excluding hydrogens is 326 g/mol. The van der Waals surface area contributed by atoms with Crippen molar-refractivity contribution in [1.82, 2.24) is 5.32 Å². The molecule has 0 saturated carbocycles. The molecule has 4 nitrogen and oxygen atoms in total. The molecule has 0 aliphatic carbocycles. The molecule has 0 unspecified atom stereocenters. The number of ether oxygens (including phenoxy) is 2. The molecule has 2 aromatic carbocycles. The maximum atomic E-state index is 12.5. The van der Waals surface area contributed by atoms with E-state index in [1.807, 2.05) is 43.3 Å². The Morgan fingerprint density at radius 1 is 1.27 bits per heavy atom. The lowest BCUT2D eigenvalue weighted by molar-refractivity contribution is -0.122. The zero-order valence-corrected chi connectivity index (χ0v) is 16.0. The summed E-state index contributed by atoms with van der Waals surface area (Å²) in [6.45, 7) is 6.13. The number of fused-ring (bicyclic) bond motifs is 1. The Kier molecular flexibility index (Phi) is 5.21. The van der Waals surface area contributed by atoms with Crippen LogP contribution in [0.3, 0.4) is 0 Å². The molecule has 0 spiro atoms. The molecule has 0 fully saturated rings. The third-order valence-corrected chi connectivity index (χ3v) is 4.81. The summed E-state index contributed by atoms with van der Waals surface area (Å²) >= 11 is 0. The Labute approximate surface area is 155 Å². The summed E-state index contributed by atoms with van der Waals surface area (Å²) in [5.74, 6) is 1.80. The van der Waals surface area contributed by atoms with Crippen LogP contribution in [-0.4, -0.2) is 18.6 Å². The molecule has 4 heteroatoms. The number of benzene rings is 2. The van der Waals surface area contributed by atoms with Gasteiger partial charge < -0.3 is 14.8 Å². The largest absolute Gasteiger partial charge is 0.496 e. The highest BCUT2D eigenvalue weighted by Crippen LogP contribution is 2.39. The summed E-state index contributed by atoms with van der Waals surface area (Å²) in [5, 5.41) is 3.19. The molecule has 1 heterocycles. The lowest BCUT2D eigenvalue weighted by Gasteiger charge is -2.37. The highest BCUT2D eigenvalue weighted by atomic mass is 16.5. The van der Waals surface area contributed by atoms with Crippen LogP contribution in [0.25, 0.3) is 0 Å². The van der Waals surface area contributed by atoms with Crippen LogP contribution in [-0.2, 0) is 11.2 Å². The molecule has 26 heavy (non-hydrogen) atoms. The zero-order valence-electron chi connectivity index (χ0n) is 16.0. The minimum atomic E-state index is -0.292. The lowest BCUT2D eigenvalue weighted by atomic mass is 9.89. The molecule has 1 amide bonds. The fourth-order valence-electron chi connectivity index (χ4n) is 3.55. The van der Waals surface area contributed by atoms with Gasteiger partial charge in [-0.15, -0.1) is 0 Å². The van der Waals surface area contributed by atoms with Gasteiger partial charge in [-0.2, -0.15) is 0 Å². The van der Waals surface area contributed by atoms with Crippen molar-refractivity contribution < 1.29 is 14.3 Å². The molecular formula is C22H27NO3. The molecule has 0 saturated heterocycles. The fourth-order valence-corrected chi connectivity index (χ4v) is 3.55. The Bertz CT molecular complexity index is 798. The lowest BCUT2D eigenvalue weighted by Crippen LogP contribution is -2.41. The summed E-state index contributed by atoms with van der Waals surface area (Å²) in [6.07, 6.45) is 1.94. The predicted molar refractivity (Wildman–Crippen MR) is 103 cm³/mol. The molecule has 3 rings (SSSR count). The van der Waals surface area contributed by atoms with Gasteiger partial charge in [0.05, 0.1) is 13.2 Å². The zero-order chi connectivity index (χ0) is 18.7. The maximum absolute atomic E-state index is 12.5. The van der Waals surface area contributed by atoms with E-state index in [4.69, 9.17) is 9.47 Å². The molecule has 2 aromatic rings. The first kappa shape index (κ1) is 18.3. The van der Waals surface area contributed by atoms with Crippen LogP contribution in [0.4, 0.5) is 0 Å². The van der Waals surface area contributed by atoms with E-state index in [1.165, 1.54) is 0 Å². The molecule has 0 radical (unpaired) electrons. The summed E-state index contributed by atoms with van der Waals surface area (Å²) in [5.41, 5.74) is 3.00. The van der Waals surface area contributed by atoms with Gasteiger partial charge in [-0.1, -0.05) is 30.3 Å². The number of amides is 1. The Morgan fingerprint density at radius 2 is 2.04 bits per heavy atom. The van der Waals surface area contributed by atoms with Crippen LogP contribution < -0.4 is 14.8 Å². The van der Waals surface area contributed by atoms with Gasteiger partial charge in [0.25, 0.3) is 0 Å². The van der Waals surface area contributed by atoms with Crippen LogP contribution in [0.5, 0.6) is 11.5 Å². The van der Waals surface area contributed by atoms with Crippen molar-refractivity contribution >= 4 is 5.91 Å². The van der Waals surface area contributed by atoms with E-state index in [0.29, 0.717) is 12.8 Å². The minimum Gasteiger partial charge on any atom is -0.496 e. The van der Waals surface area contributed by atoms with E-state index in [0.717, 1.165) is 34.6 Å². The van der Waals surface area contributed by atoms with Crippen molar-refractivity contribution in [3.05, 3.63) is 59.2 Å². The average Bonchev–Trinajstić information content (AvgIpc) is 2.59. The standard InChI is InChI=1S/C22H27NO3/c1-15-13-16(9-11-19(15)25-4)10-12-21(24)23-18-14-22(2,3)26-20-8-6-5-7-17(18)20/h5-9,11,13,18H,10,12,14H2,1-4H3,(H,23,24)/t18-/m0/s1. The number of hydrogen-bond acceptors (Lipinski definition) is 3. The molecule has 0 aromatic heterocycles. The number of para-hydroxylation sites is 1.